The molecule has 1 heterocycles. The molecule has 0 aliphatic heterocycles. The van der Waals surface area contributed by atoms with E-state index in [4.69, 9.17) is 4.52 Å². The molecule has 64 valence electrons. The molecule has 13 heavy (non-hydrogen) atoms. The van der Waals surface area contributed by atoms with Gasteiger partial charge >= 0.3 is 0 Å². The number of carbonyl (C=O) groups is 1. The van der Waals surface area contributed by atoms with Gasteiger partial charge < -0.3 is 4.52 Å². The SMILES string of the molecule is O=Cc1cccc(-c2ccno2)c1. The molecule has 1 aromatic heterocycles. The molecule has 0 bridgehead atoms. The first kappa shape index (κ1) is 7.73. The zero-order chi connectivity index (χ0) is 9.10. The molecule has 0 saturated carbocycles. The zero-order valence-corrected chi connectivity index (χ0v) is 6.81. The maximum Gasteiger partial charge on any atom is 0.166 e. The fourth-order valence-corrected chi connectivity index (χ4v) is 1.13. The molecule has 3 heteroatoms. The summed E-state index contributed by atoms with van der Waals surface area (Å²) in [6, 6.07) is 8.93. The van der Waals surface area contributed by atoms with Gasteiger partial charge in [-0.25, -0.2) is 0 Å². The van der Waals surface area contributed by atoms with Crippen LogP contribution in [-0.4, -0.2) is 11.4 Å². The maximum atomic E-state index is 10.5. The van der Waals surface area contributed by atoms with Gasteiger partial charge in [-0.2, -0.15) is 0 Å². The van der Waals surface area contributed by atoms with Crippen LogP contribution in [0.4, 0.5) is 0 Å². The van der Waals surface area contributed by atoms with E-state index in [9.17, 15) is 4.79 Å². The predicted molar refractivity (Wildman–Crippen MR) is 47.3 cm³/mol. The fourth-order valence-electron chi connectivity index (χ4n) is 1.13. The molecule has 0 aliphatic carbocycles. The van der Waals surface area contributed by atoms with E-state index in [2.05, 4.69) is 5.16 Å². The molecule has 0 saturated heterocycles. The third kappa shape index (κ3) is 1.49. The highest BCUT2D eigenvalue weighted by atomic mass is 16.5. The number of rotatable bonds is 2. The number of carbonyl (C=O) groups excluding carboxylic acids is 1. The number of nitrogens with zero attached hydrogens (tertiary/aromatic N) is 1. The summed E-state index contributed by atoms with van der Waals surface area (Å²) in [6.07, 6.45) is 2.38. The van der Waals surface area contributed by atoms with Gasteiger partial charge in [-0.05, 0) is 6.07 Å². The Kier molecular flexibility index (Phi) is 1.92. The van der Waals surface area contributed by atoms with Crippen molar-refractivity contribution in [2.75, 3.05) is 0 Å². The molecular weight excluding hydrogens is 166 g/mol. The highest BCUT2D eigenvalue weighted by molar-refractivity contribution is 5.77. The average molecular weight is 173 g/mol. The third-order valence-corrected chi connectivity index (χ3v) is 1.75. The number of hydrogen-bond donors (Lipinski definition) is 0. The predicted octanol–water partition coefficient (Wildman–Crippen LogP) is 2.15. The van der Waals surface area contributed by atoms with Gasteiger partial charge in [0, 0.05) is 17.2 Å². The van der Waals surface area contributed by atoms with E-state index in [-0.39, 0.29) is 0 Å². The van der Waals surface area contributed by atoms with Crippen molar-refractivity contribution in [2.45, 2.75) is 0 Å². The lowest BCUT2D eigenvalue weighted by molar-refractivity contribution is 0.112. The van der Waals surface area contributed by atoms with Crippen LogP contribution in [0.15, 0.2) is 41.1 Å². The molecule has 2 aromatic rings. The Morgan fingerprint density at radius 3 is 2.92 bits per heavy atom. The largest absolute Gasteiger partial charge is 0.356 e. The summed E-state index contributed by atoms with van der Waals surface area (Å²) in [6.45, 7) is 0. The molecule has 0 atom stereocenters. The average Bonchev–Trinajstić information content (AvgIpc) is 2.71. The Morgan fingerprint density at radius 1 is 1.31 bits per heavy atom. The highest BCUT2D eigenvalue weighted by Gasteiger charge is 2.01. The van der Waals surface area contributed by atoms with E-state index < -0.39 is 0 Å². The molecule has 2 rings (SSSR count). The summed E-state index contributed by atoms with van der Waals surface area (Å²) in [4.78, 5) is 10.5. The number of benzene rings is 1. The topological polar surface area (TPSA) is 43.1 Å². The molecule has 0 N–H and O–H groups in total. The minimum atomic E-state index is 0.633. The molecule has 0 unspecified atom stereocenters. The minimum absolute atomic E-state index is 0.633. The van der Waals surface area contributed by atoms with Crippen LogP contribution in [0.25, 0.3) is 11.3 Å². The van der Waals surface area contributed by atoms with Crippen molar-refractivity contribution in [3.05, 3.63) is 42.1 Å². The van der Waals surface area contributed by atoms with Crippen molar-refractivity contribution in [3.8, 4) is 11.3 Å². The molecular formula is C10H7NO2. The quantitative estimate of drug-likeness (QED) is 0.653. The van der Waals surface area contributed by atoms with E-state index in [1.54, 1.807) is 24.4 Å². The summed E-state index contributed by atoms with van der Waals surface area (Å²) in [5.41, 5.74) is 1.50. The molecule has 0 radical (unpaired) electrons. The van der Waals surface area contributed by atoms with Crippen molar-refractivity contribution < 1.29 is 9.32 Å². The number of hydrogen-bond acceptors (Lipinski definition) is 3. The standard InChI is InChI=1S/C10H7NO2/c12-7-8-2-1-3-9(6-8)10-4-5-11-13-10/h1-7H. The van der Waals surface area contributed by atoms with Crippen LogP contribution in [0.3, 0.4) is 0 Å². The smallest absolute Gasteiger partial charge is 0.166 e. The van der Waals surface area contributed by atoms with Crippen LogP contribution in [0, 0.1) is 0 Å². The fraction of sp³-hybridized carbons (Fsp3) is 0. The molecule has 0 amide bonds. The molecule has 3 nitrogen and oxygen atoms in total. The maximum absolute atomic E-state index is 10.5. The third-order valence-electron chi connectivity index (χ3n) is 1.75. The minimum Gasteiger partial charge on any atom is -0.356 e. The van der Waals surface area contributed by atoms with Gasteiger partial charge in [-0.1, -0.05) is 23.4 Å². The lowest BCUT2D eigenvalue weighted by atomic mass is 10.1. The second-order valence-corrected chi connectivity index (χ2v) is 2.62. The van der Waals surface area contributed by atoms with Crippen LogP contribution in [0.2, 0.25) is 0 Å². The first-order valence-electron chi connectivity index (χ1n) is 3.86. The summed E-state index contributed by atoms with van der Waals surface area (Å²) >= 11 is 0. The zero-order valence-electron chi connectivity index (χ0n) is 6.81. The van der Waals surface area contributed by atoms with Gasteiger partial charge in [-0.3, -0.25) is 4.79 Å². The Bertz CT molecular complexity index is 407. The number of aromatic nitrogens is 1. The van der Waals surface area contributed by atoms with Crippen LogP contribution in [0.1, 0.15) is 10.4 Å². The van der Waals surface area contributed by atoms with E-state index in [1.165, 1.54) is 0 Å². The van der Waals surface area contributed by atoms with Crippen LogP contribution in [-0.2, 0) is 0 Å². The summed E-state index contributed by atoms with van der Waals surface area (Å²) < 4.78 is 4.95. The van der Waals surface area contributed by atoms with Gasteiger partial charge in [0.05, 0.1) is 6.20 Å². The van der Waals surface area contributed by atoms with Crippen molar-refractivity contribution >= 4 is 6.29 Å². The Balaban J connectivity index is 2.47. The van der Waals surface area contributed by atoms with Crippen molar-refractivity contribution in [2.24, 2.45) is 0 Å². The van der Waals surface area contributed by atoms with Gasteiger partial charge in [0.2, 0.25) is 0 Å². The Labute approximate surface area is 75.0 Å². The van der Waals surface area contributed by atoms with E-state index in [1.807, 2.05) is 12.1 Å². The number of aldehydes is 1. The van der Waals surface area contributed by atoms with Crippen molar-refractivity contribution in [1.29, 1.82) is 0 Å². The van der Waals surface area contributed by atoms with Gasteiger partial charge in [-0.15, -0.1) is 0 Å². The summed E-state index contributed by atoms with van der Waals surface area (Å²) in [5, 5.41) is 3.59. The van der Waals surface area contributed by atoms with E-state index >= 15 is 0 Å². The first-order valence-corrected chi connectivity index (χ1v) is 3.86. The molecule has 1 aromatic carbocycles. The molecule has 0 spiro atoms. The molecule has 0 fully saturated rings. The lowest BCUT2D eigenvalue weighted by Crippen LogP contribution is -1.80. The van der Waals surface area contributed by atoms with E-state index in [0.29, 0.717) is 11.3 Å². The first-order chi connectivity index (χ1) is 6.40. The van der Waals surface area contributed by atoms with Crippen LogP contribution < -0.4 is 0 Å². The van der Waals surface area contributed by atoms with E-state index in [0.717, 1.165) is 11.8 Å². The second kappa shape index (κ2) is 3.23. The lowest BCUT2D eigenvalue weighted by Gasteiger charge is -1.95. The molecule has 0 aliphatic rings. The van der Waals surface area contributed by atoms with Gasteiger partial charge in [0.15, 0.2) is 5.76 Å². The normalized spacial score (nSPS) is 9.85. The summed E-state index contributed by atoms with van der Waals surface area (Å²) in [5.74, 6) is 0.670. The van der Waals surface area contributed by atoms with Gasteiger partial charge in [0.25, 0.3) is 0 Å². The van der Waals surface area contributed by atoms with Crippen molar-refractivity contribution in [1.82, 2.24) is 5.16 Å². The van der Waals surface area contributed by atoms with Crippen LogP contribution in [0.5, 0.6) is 0 Å². The summed E-state index contributed by atoms with van der Waals surface area (Å²) in [7, 11) is 0. The Hall–Kier alpha value is -1.90. The van der Waals surface area contributed by atoms with Crippen LogP contribution >= 0.6 is 0 Å². The second-order valence-electron chi connectivity index (χ2n) is 2.62. The van der Waals surface area contributed by atoms with Gasteiger partial charge in [0.1, 0.15) is 6.29 Å². The highest BCUT2D eigenvalue weighted by Crippen LogP contribution is 2.18. The monoisotopic (exact) mass is 173 g/mol. The Morgan fingerprint density at radius 2 is 2.23 bits per heavy atom. The van der Waals surface area contributed by atoms with Crippen molar-refractivity contribution in [3.63, 3.8) is 0 Å².